The van der Waals surface area contributed by atoms with Crippen LogP contribution in [0, 0.1) is 5.92 Å². The third kappa shape index (κ3) is 11.0. The molecule has 0 saturated carbocycles. The third-order valence-electron chi connectivity index (χ3n) is 7.52. The molecular formula is C35H48N4O6. The van der Waals surface area contributed by atoms with Crippen molar-refractivity contribution >= 4 is 35.3 Å². The summed E-state index contributed by atoms with van der Waals surface area (Å²) in [7, 11) is 0. The van der Waals surface area contributed by atoms with Crippen molar-refractivity contribution in [1.29, 1.82) is 0 Å². The molecular weight excluding hydrogens is 572 g/mol. The zero-order valence-corrected chi connectivity index (χ0v) is 27.4. The van der Waals surface area contributed by atoms with Crippen LogP contribution in [0.1, 0.15) is 65.5 Å². The van der Waals surface area contributed by atoms with E-state index in [1.807, 2.05) is 53.6 Å². The van der Waals surface area contributed by atoms with Gasteiger partial charge in [0.2, 0.25) is 11.8 Å². The number of alkyl carbamates (subject to hydrolysis) is 1. The van der Waals surface area contributed by atoms with Gasteiger partial charge in [-0.05, 0) is 83.9 Å². The normalized spacial score (nSPS) is 15.7. The van der Waals surface area contributed by atoms with Crippen molar-refractivity contribution in [3.63, 3.8) is 0 Å². The summed E-state index contributed by atoms with van der Waals surface area (Å²) >= 11 is 0. The summed E-state index contributed by atoms with van der Waals surface area (Å²) in [4.78, 5) is 54.3. The number of hydrogen-bond donors (Lipinski definition) is 3. The Morgan fingerprint density at radius 2 is 1.73 bits per heavy atom. The van der Waals surface area contributed by atoms with E-state index in [0.717, 1.165) is 35.7 Å². The third-order valence-corrected chi connectivity index (χ3v) is 7.52. The first-order valence-corrected chi connectivity index (χ1v) is 15.6. The van der Waals surface area contributed by atoms with Gasteiger partial charge in [-0.1, -0.05) is 48.5 Å². The Bertz CT molecular complexity index is 1410. The summed E-state index contributed by atoms with van der Waals surface area (Å²) < 4.78 is 9.51. The lowest BCUT2D eigenvalue weighted by atomic mass is 9.90. The Labute approximate surface area is 266 Å². The van der Waals surface area contributed by atoms with Crippen molar-refractivity contribution < 1.29 is 28.7 Å². The maximum Gasteiger partial charge on any atom is 0.408 e. The molecule has 1 aliphatic heterocycles. The topological polar surface area (TPSA) is 130 Å². The fourth-order valence-corrected chi connectivity index (χ4v) is 5.34. The minimum Gasteiger partial charge on any atom is -0.468 e. The van der Waals surface area contributed by atoms with Crippen molar-refractivity contribution in [2.24, 2.45) is 5.92 Å². The first kappa shape index (κ1) is 35.1. The Hall–Kier alpha value is -4.34. The lowest BCUT2D eigenvalue weighted by Gasteiger charge is -2.36. The lowest BCUT2D eigenvalue weighted by molar-refractivity contribution is -0.139. The molecule has 2 atom stereocenters. The van der Waals surface area contributed by atoms with Crippen molar-refractivity contribution in [3.8, 4) is 0 Å². The number of carbonyl (C=O) groups is 4. The van der Waals surface area contributed by atoms with Gasteiger partial charge >= 0.3 is 6.09 Å². The highest BCUT2D eigenvalue weighted by atomic mass is 16.6. The van der Waals surface area contributed by atoms with Crippen LogP contribution in [0.15, 0.2) is 60.8 Å². The molecule has 1 aromatic heterocycles. The van der Waals surface area contributed by atoms with Crippen LogP contribution in [0.25, 0.3) is 10.9 Å². The summed E-state index contributed by atoms with van der Waals surface area (Å²) in [5.41, 5.74) is 1.20. The SMILES string of the molecule is CC(C)(C)OC(=O)NC(C)(C)C(=O)N[C@H](Cc1c[nH]c2ccccc12)C(=O)N1CCC[C@H](Cc2ccccc2)C1.CCOC=O. The van der Waals surface area contributed by atoms with Gasteiger partial charge in [0.05, 0.1) is 6.61 Å². The van der Waals surface area contributed by atoms with E-state index < -0.39 is 29.2 Å². The highest BCUT2D eigenvalue weighted by molar-refractivity contribution is 5.94. The fraction of sp³-hybridized carbons (Fsp3) is 0.486. The van der Waals surface area contributed by atoms with E-state index in [-0.39, 0.29) is 5.91 Å². The number of nitrogens with zero attached hydrogens (tertiary/aromatic N) is 1. The molecule has 1 aliphatic rings. The lowest BCUT2D eigenvalue weighted by Crippen LogP contribution is -2.60. The zero-order valence-electron chi connectivity index (χ0n) is 27.4. The molecule has 0 radical (unpaired) electrons. The number of hydrogen-bond acceptors (Lipinski definition) is 6. The molecule has 1 saturated heterocycles. The fourth-order valence-electron chi connectivity index (χ4n) is 5.34. The van der Waals surface area contributed by atoms with Crippen LogP contribution >= 0.6 is 0 Å². The maximum absolute atomic E-state index is 14.0. The smallest absolute Gasteiger partial charge is 0.408 e. The minimum absolute atomic E-state index is 0.107. The first-order valence-electron chi connectivity index (χ1n) is 15.6. The second-order valence-electron chi connectivity index (χ2n) is 12.9. The van der Waals surface area contributed by atoms with Crippen LogP contribution in [-0.2, 0) is 36.7 Å². The van der Waals surface area contributed by atoms with Crippen LogP contribution in [0.4, 0.5) is 4.79 Å². The standard InChI is InChI=1S/C32H42N4O4.C3H6O2/c1-31(2,3)40-30(39)35-32(4,5)29(38)34-27(19-24-20-33-26-16-10-9-15-25(24)26)28(37)36-17-11-14-23(21-36)18-22-12-7-6-8-13-22;1-2-5-3-4/h6-10,12-13,15-16,20,23,27,33H,11,14,17-19,21H2,1-5H3,(H,34,38)(H,35,39);3H,2H2,1H3/t23-,27-;/m1./s1. The molecule has 1 fully saturated rings. The van der Waals surface area contributed by atoms with E-state index in [1.54, 1.807) is 41.5 Å². The summed E-state index contributed by atoms with van der Waals surface area (Å²) in [5, 5.41) is 6.65. The number of carbonyl (C=O) groups excluding carboxylic acids is 4. The number of amides is 3. The second-order valence-corrected chi connectivity index (χ2v) is 12.9. The number of nitrogens with one attached hydrogen (secondary N) is 3. The predicted octanol–water partition coefficient (Wildman–Crippen LogP) is 5.16. The Morgan fingerprint density at radius 3 is 2.38 bits per heavy atom. The molecule has 10 heteroatoms. The summed E-state index contributed by atoms with van der Waals surface area (Å²) in [6.07, 6.45) is 4.43. The maximum atomic E-state index is 14.0. The number of H-pyrrole nitrogens is 1. The highest BCUT2D eigenvalue weighted by Crippen LogP contribution is 2.24. The van der Waals surface area contributed by atoms with Gasteiger partial charge in [0.1, 0.15) is 17.2 Å². The molecule has 0 bridgehead atoms. The summed E-state index contributed by atoms with van der Waals surface area (Å²) in [6.45, 7) is 12.5. The highest BCUT2D eigenvalue weighted by Gasteiger charge is 2.36. The van der Waals surface area contributed by atoms with E-state index in [4.69, 9.17) is 4.74 Å². The number of fused-ring (bicyclic) bond motifs is 1. The average Bonchev–Trinajstić information content (AvgIpc) is 3.39. The molecule has 3 N–H and O–H groups in total. The van der Waals surface area contributed by atoms with E-state index in [9.17, 15) is 19.2 Å². The summed E-state index contributed by atoms with van der Waals surface area (Å²) in [5.74, 6) is -0.200. The molecule has 3 aromatic rings. The van der Waals surface area contributed by atoms with Crippen LogP contribution in [0.5, 0.6) is 0 Å². The zero-order chi connectivity index (χ0) is 33.0. The van der Waals surface area contributed by atoms with Crippen LogP contribution < -0.4 is 10.6 Å². The van der Waals surface area contributed by atoms with Crippen molar-refractivity contribution in [2.75, 3.05) is 19.7 Å². The number of benzene rings is 2. The first-order chi connectivity index (χ1) is 21.3. The Kier molecular flexibility index (Phi) is 12.6. The number of ether oxygens (including phenoxy) is 2. The van der Waals surface area contributed by atoms with Gasteiger partial charge in [-0.15, -0.1) is 0 Å². The molecule has 0 aliphatic carbocycles. The summed E-state index contributed by atoms with van der Waals surface area (Å²) in [6, 6.07) is 17.5. The molecule has 10 nitrogen and oxygen atoms in total. The monoisotopic (exact) mass is 620 g/mol. The van der Waals surface area contributed by atoms with Gasteiger partial charge in [0.15, 0.2) is 0 Å². The van der Waals surface area contributed by atoms with Gasteiger partial charge in [-0.2, -0.15) is 0 Å². The quantitative estimate of drug-likeness (QED) is 0.269. The van der Waals surface area contributed by atoms with E-state index in [1.165, 1.54) is 5.56 Å². The minimum atomic E-state index is -1.29. The number of rotatable bonds is 10. The molecule has 2 aromatic carbocycles. The van der Waals surface area contributed by atoms with E-state index in [0.29, 0.717) is 38.5 Å². The van der Waals surface area contributed by atoms with Gasteiger partial charge < -0.3 is 30.0 Å². The van der Waals surface area contributed by atoms with Crippen LogP contribution in [0.2, 0.25) is 0 Å². The Balaban J connectivity index is 0.00000102. The number of aromatic nitrogens is 1. The van der Waals surface area contributed by atoms with E-state index in [2.05, 4.69) is 32.5 Å². The molecule has 4 rings (SSSR count). The van der Waals surface area contributed by atoms with Gasteiger partial charge in [-0.25, -0.2) is 4.79 Å². The second kappa shape index (κ2) is 16.1. The largest absolute Gasteiger partial charge is 0.468 e. The van der Waals surface area contributed by atoms with Gasteiger partial charge in [0.25, 0.3) is 6.47 Å². The molecule has 244 valence electrons. The van der Waals surface area contributed by atoms with Crippen molar-refractivity contribution in [2.45, 2.75) is 84.4 Å². The molecule has 3 amide bonds. The van der Waals surface area contributed by atoms with E-state index >= 15 is 0 Å². The molecule has 45 heavy (non-hydrogen) atoms. The molecule has 2 heterocycles. The number of para-hydroxylation sites is 1. The molecule has 0 spiro atoms. The van der Waals surface area contributed by atoms with Crippen LogP contribution in [-0.4, -0.2) is 71.1 Å². The van der Waals surface area contributed by atoms with Crippen molar-refractivity contribution in [1.82, 2.24) is 20.5 Å². The van der Waals surface area contributed by atoms with Crippen molar-refractivity contribution in [3.05, 3.63) is 71.9 Å². The number of aromatic amines is 1. The van der Waals surface area contributed by atoms with Gasteiger partial charge in [0, 0.05) is 36.6 Å². The molecule has 0 unspecified atom stereocenters. The number of piperidine rings is 1. The predicted molar refractivity (Wildman–Crippen MR) is 175 cm³/mol. The van der Waals surface area contributed by atoms with Crippen LogP contribution in [0.3, 0.4) is 0 Å². The van der Waals surface area contributed by atoms with Gasteiger partial charge in [-0.3, -0.25) is 14.4 Å². The Morgan fingerprint density at radius 1 is 1.04 bits per heavy atom. The number of likely N-dealkylation sites (tertiary alicyclic amines) is 1. The average molecular weight is 621 g/mol.